The van der Waals surface area contributed by atoms with Gasteiger partial charge in [-0.3, -0.25) is 0 Å². The summed E-state index contributed by atoms with van der Waals surface area (Å²) in [5.74, 6) is 1.01. The van der Waals surface area contributed by atoms with Crippen LogP contribution in [0, 0.1) is 5.41 Å². The Morgan fingerprint density at radius 1 is 1.35 bits per heavy atom. The fourth-order valence-electron chi connectivity index (χ4n) is 3.46. The van der Waals surface area contributed by atoms with Crippen molar-refractivity contribution in [3.05, 3.63) is 29.3 Å². The lowest BCUT2D eigenvalue weighted by Crippen LogP contribution is -2.42. The maximum atomic E-state index is 6.50. The summed E-state index contributed by atoms with van der Waals surface area (Å²) in [4.78, 5) is 0. The molecule has 1 saturated heterocycles. The minimum atomic E-state index is 0.176. The van der Waals surface area contributed by atoms with Gasteiger partial charge in [-0.25, -0.2) is 0 Å². The normalized spacial score (nSPS) is 25.9. The van der Waals surface area contributed by atoms with E-state index in [0.717, 1.165) is 25.3 Å². The number of piperidine rings is 1. The standard InChI is InChI=1S/C14H20N2O/c1-17-12-4-2-3-10-11(12)9-14(13(10)15)5-7-16-8-6-14/h2-4,13,16H,5-9,15H2,1H3/t13-/m1/s1. The van der Waals surface area contributed by atoms with E-state index in [2.05, 4.69) is 17.4 Å². The van der Waals surface area contributed by atoms with Gasteiger partial charge in [0.2, 0.25) is 0 Å². The van der Waals surface area contributed by atoms with Crippen LogP contribution in [0.1, 0.15) is 30.0 Å². The van der Waals surface area contributed by atoms with E-state index < -0.39 is 0 Å². The van der Waals surface area contributed by atoms with Crippen molar-refractivity contribution >= 4 is 0 Å². The lowest BCUT2D eigenvalue weighted by atomic mass is 9.73. The van der Waals surface area contributed by atoms with Crippen molar-refractivity contribution in [2.75, 3.05) is 20.2 Å². The third-order valence-corrected chi connectivity index (χ3v) is 4.51. The predicted molar refractivity (Wildman–Crippen MR) is 68.2 cm³/mol. The average molecular weight is 232 g/mol. The highest BCUT2D eigenvalue weighted by atomic mass is 16.5. The first-order chi connectivity index (χ1) is 8.27. The summed E-state index contributed by atoms with van der Waals surface area (Å²) in [7, 11) is 1.74. The molecule has 0 radical (unpaired) electrons. The number of fused-ring (bicyclic) bond motifs is 1. The van der Waals surface area contributed by atoms with Crippen molar-refractivity contribution < 1.29 is 4.74 Å². The number of hydrogen-bond donors (Lipinski definition) is 2. The molecule has 3 N–H and O–H groups in total. The zero-order valence-electron chi connectivity index (χ0n) is 10.3. The van der Waals surface area contributed by atoms with Crippen LogP contribution < -0.4 is 15.8 Å². The third kappa shape index (κ3) is 1.57. The second-order valence-electron chi connectivity index (χ2n) is 5.29. The van der Waals surface area contributed by atoms with Crippen LogP contribution in [0.15, 0.2) is 18.2 Å². The molecular formula is C14H20N2O. The highest BCUT2D eigenvalue weighted by Crippen LogP contribution is 2.51. The molecule has 17 heavy (non-hydrogen) atoms. The summed E-state index contributed by atoms with van der Waals surface area (Å²) in [6.07, 6.45) is 3.42. The van der Waals surface area contributed by atoms with E-state index in [-0.39, 0.29) is 11.5 Å². The molecule has 0 unspecified atom stereocenters. The largest absolute Gasteiger partial charge is 0.496 e. The zero-order chi connectivity index (χ0) is 11.9. The first-order valence-electron chi connectivity index (χ1n) is 6.39. The van der Waals surface area contributed by atoms with Gasteiger partial charge < -0.3 is 15.8 Å². The number of benzene rings is 1. The second kappa shape index (κ2) is 4.00. The van der Waals surface area contributed by atoms with E-state index in [9.17, 15) is 0 Å². The van der Waals surface area contributed by atoms with Crippen molar-refractivity contribution in [1.82, 2.24) is 5.32 Å². The van der Waals surface area contributed by atoms with Crippen LogP contribution in [-0.4, -0.2) is 20.2 Å². The average Bonchev–Trinajstić information content (AvgIpc) is 2.64. The summed E-state index contributed by atoms with van der Waals surface area (Å²) >= 11 is 0. The Kier molecular flexibility index (Phi) is 2.60. The molecule has 1 fully saturated rings. The highest BCUT2D eigenvalue weighted by Gasteiger charge is 2.45. The molecule has 1 aromatic rings. The Bertz CT molecular complexity index is 424. The molecule has 3 nitrogen and oxygen atoms in total. The zero-order valence-corrected chi connectivity index (χ0v) is 10.3. The number of hydrogen-bond acceptors (Lipinski definition) is 3. The molecular weight excluding hydrogens is 212 g/mol. The van der Waals surface area contributed by atoms with Crippen molar-refractivity contribution in [3.8, 4) is 5.75 Å². The van der Waals surface area contributed by atoms with Gasteiger partial charge in [0.15, 0.2) is 0 Å². The SMILES string of the molecule is COc1cccc2c1CC1(CCNCC1)[C@@H]2N. The molecule has 3 rings (SSSR count). The summed E-state index contributed by atoms with van der Waals surface area (Å²) in [5.41, 5.74) is 9.40. The Balaban J connectivity index is 2.01. The molecule has 1 spiro atoms. The van der Waals surface area contributed by atoms with Crippen molar-refractivity contribution in [1.29, 1.82) is 0 Å². The van der Waals surface area contributed by atoms with Gasteiger partial charge in [0, 0.05) is 6.04 Å². The van der Waals surface area contributed by atoms with Gasteiger partial charge in [0.05, 0.1) is 7.11 Å². The second-order valence-corrected chi connectivity index (χ2v) is 5.29. The quantitative estimate of drug-likeness (QED) is 0.773. The maximum Gasteiger partial charge on any atom is 0.122 e. The number of nitrogens with one attached hydrogen (secondary N) is 1. The molecule has 1 aromatic carbocycles. The van der Waals surface area contributed by atoms with Crippen LogP contribution in [0.2, 0.25) is 0 Å². The van der Waals surface area contributed by atoms with Gasteiger partial charge in [-0.2, -0.15) is 0 Å². The van der Waals surface area contributed by atoms with Crippen molar-refractivity contribution in [3.63, 3.8) is 0 Å². The van der Waals surface area contributed by atoms with Gasteiger partial charge in [0.1, 0.15) is 5.75 Å². The Morgan fingerprint density at radius 3 is 2.82 bits per heavy atom. The van der Waals surface area contributed by atoms with Crippen LogP contribution in [0.25, 0.3) is 0 Å². The Morgan fingerprint density at radius 2 is 2.12 bits per heavy atom. The Hall–Kier alpha value is -1.06. The van der Waals surface area contributed by atoms with Crippen molar-refractivity contribution in [2.24, 2.45) is 11.1 Å². The van der Waals surface area contributed by atoms with Crippen LogP contribution >= 0.6 is 0 Å². The molecule has 0 aromatic heterocycles. The topological polar surface area (TPSA) is 47.3 Å². The van der Waals surface area contributed by atoms with E-state index in [0.29, 0.717) is 0 Å². The summed E-state index contributed by atoms with van der Waals surface area (Å²) in [6.45, 7) is 2.17. The minimum absolute atomic E-state index is 0.176. The van der Waals surface area contributed by atoms with Gasteiger partial charge in [-0.05, 0) is 55.0 Å². The van der Waals surface area contributed by atoms with Crippen LogP contribution in [-0.2, 0) is 6.42 Å². The molecule has 0 saturated carbocycles. The smallest absolute Gasteiger partial charge is 0.122 e. The maximum absolute atomic E-state index is 6.50. The lowest BCUT2D eigenvalue weighted by Gasteiger charge is -2.37. The third-order valence-electron chi connectivity index (χ3n) is 4.51. The molecule has 1 heterocycles. The van der Waals surface area contributed by atoms with E-state index in [1.807, 2.05) is 6.07 Å². The van der Waals surface area contributed by atoms with E-state index >= 15 is 0 Å². The first-order valence-corrected chi connectivity index (χ1v) is 6.39. The molecule has 0 bridgehead atoms. The van der Waals surface area contributed by atoms with E-state index in [4.69, 9.17) is 10.5 Å². The first kappa shape index (κ1) is 11.1. The summed E-state index contributed by atoms with van der Waals surface area (Å²) in [6, 6.07) is 6.44. The Labute approximate surface area is 102 Å². The summed E-state index contributed by atoms with van der Waals surface area (Å²) < 4.78 is 5.47. The van der Waals surface area contributed by atoms with Gasteiger partial charge >= 0.3 is 0 Å². The number of rotatable bonds is 1. The van der Waals surface area contributed by atoms with Crippen molar-refractivity contribution in [2.45, 2.75) is 25.3 Å². The molecule has 1 atom stereocenters. The van der Waals surface area contributed by atoms with Crippen LogP contribution in [0.3, 0.4) is 0 Å². The summed E-state index contributed by atoms with van der Waals surface area (Å²) in [5, 5.41) is 3.43. The van der Waals surface area contributed by atoms with Gasteiger partial charge in [-0.1, -0.05) is 12.1 Å². The fourth-order valence-corrected chi connectivity index (χ4v) is 3.46. The molecule has 1 aliphatic carbocycles. The molecule has 1 aliphatic heterocycles. The highest BCUT2D eigenvalue weighted by molar-refractivity contribution is 5.47. The monoisotopic (exact) mass is 232 g/mol. The number of nitrogens with two attached hydrogens (primary N) is 1. The molecule has 92 valence electrons. The molecule has 2 aliphatic rings. The molecule has 0 amide bonds. The minimum Gasteiger partial charge on any atom is -0.496 e. The van der Waals surface area contributed by atoms with E-state index in [1.54, 1.807) is 7.11 Å². The lowest BCUT2D eigenvalue weighted by molar-refractivity contribution is 0.173. The number of ether oxygens (including phenoxy) is 1. The van der Waals surface area contributed by atoms with Crippen LogP contribution in [0.4, 0.5) is 0 Å². The van der Waals surface area contributed by atoms with Gasteiger partial charge in [0.25, 0.3) is 0 Å². The van der Waals surface area contributed by atoms with E-state index in [1.165, 1.54) is 24.0 Å². The van der Waals surface area contributed by atoms with Crippen LogP contribution in [0.5, 0.6) is 5.75 Å². The van der Waals surface area contributed by atoms with Gasteiger partial charge in [-0.15, -0.1) is 0 Å². The number of methoxy groups -OCH3 is 1. The molecule has 3 heteroatoms. The predicted octanol–water partition coefficient (Wildman–Crippen LogP) is 1.62. The fraction of sp³-hybridized carbons (Fsp3) is 0.571.